The van der Waals surface area contributed by atoms with Gasteiger partial charge in [0, 0.05) is 38.2 Å². The average Bonchev–Trinajstić information content (AvgIpc) is 2.62. The second kappa shape index (κ2) is 6.60. The molecule has 0 atom stereocenters. The quantitative estimate of drug-likeness (QED) is 0.870. The number of benzene rings is 1. The molecule has 1 amide bonds. The minimum atomic E-state index is 0.135. The molecule has 0 bridgehead atoms. The highest BCUT2D eigenvalue weighted by molar-refractivity contribution is 6.00. The fourth-order valence-electron chi connectivity index (χ4n) is 2.92. The van der Waals surface area contributed by atoms with Crippen molar-refractivity contribution < 1.29 is 4.79 Å². The Morgan fingerprint density at radius 1 is 1.05 bits per heavy atom. The van der Waals surface area contributed by atoms with Crippen LogP contribution in [0.25, 0.3) is 0 Å². The maximum absolute atomic E-state index is 12.8. The first-order valence-electron chi connectivity index (χ1n) is 7.79. The Labute approximate surface area is 131 Å². The van der Waals surface area contributed by atoms with E-state index in [9.17, 15) is 4.79 Å². The summed E-state index contributed by atoms with van der Waals surface area (Å²) in [6, 6.07) is 11.7. The highest BCUT2D eigenvalue weighted by atomic mass is 16.2. The van der Waals surface area contributed by atoms with Gasteiger partial charge in [0.15, 0.2) is 0 Å². The first-order chi connectivity index (χ1) is 10.8. The first-order valence-corrected chi connectivity index (χ1v) is 7.79. The Bertz CT molecular complexity index is 636. The molecular weight excluding hydrogens is 274 g/mol. The minimum absolute atomic E-state index is 0.135. The summed E-state index contributed by atoms with van der Waals surface area (Å²) in [5, 5.41) is 0. The molecule has 2 heterocycles. The van der Waals surface area contributed by atoms with Crippen molar-refractivity contribution in [3.63, 3.8) is 0 Å². The van der Waals surface area contributed by atoms with Crippen LogP contribution in [-0.2, 0) is 0 Å². The average molecular weight is 295 g/mol. The molecule has 0 N–H and O–H groups in total. The molecule has 114 valence electrons. The van der Waals surface area contributed by atoms with Crippen molar-refractivity contribution in [1.29, 1.82) is 0 Å². The first kappa shape index (κ1) is 14.6. The number of carbonyl (C=O) groups excluding carboxylic acids is 1. The fraction of sp³-hybridized carbons (Fsp3) is 0.333. The van der Waals surface area contributed by atoms with Crippen molar-refractivity contribution in [2.75, 3.05) is 25.0 Å². The zero-order valence-electron chi connectivity index (χ0n) is 12.9. The van der Waals surface area contributed by atoms with Crippen molar-refractivity contribution in [2.45, 2.75) is 19.3 Å². The molecule has 1 saturated heterocycles. The summed E-state index contributed by atoms with van der Waals surface area (Å²) in [5.74, 6) is 0.135. The Balaban J connectivity index is 1.91. The van der Waals surface area contributed by atoms with Crippen molar-refractivity contribution in [3.05, 3.63) is 54.4 Å². The van der Waals surface area contributed by atoms with E-state index in [0.29, 0.717) is 0 Å². The number of anilines is 2. The van der Waals surface area contributed by atoms with Gasteiger partial charge in [-0.15, -0.1) is 0 Å². The largest absolute Gasteiger partial charge is 0.344 e. The molecule has 1 fully saturated rings. The number of aromatic nitrogens is 1. The third-order valence-electron chi connectivity index (χ3n) is 4.19. The van der Waals surface area contributed by atoms with E-state index in [1.165, 1.54) is 6.42 Å². The third kappa shape index (κ3) is 2.96. The second-order valence-electron chi connectivity index (χ2n) is 5.63. The lowest BCUT2D eigenvalue weighted by Gasteiger charge is -2.29. The molecule has 0 radical (unpaired) electrons. The van der Waals surface area contributed by atoms with E-state index in [1.807, 2.05) is 53.2 Å². The summed E-state index contributed by atoms with van der Waals surface area (Å²) in [6.07, 6.45) is 6.96. The van der Waals surface area contributed by atoms with Crippen LogP contribution in [0.3, 0.4) is 0 Å². The van der Waals surface area contributed by atoms with E-state index in [0.717, 1.165) is 42.9 Å². The van der Waals surface area contributed by atoms with Crippen molar-refractivity contribution in [3.8, 4) is 0 Å². The molecule has 0 saturated carbocycles. The molecule has 22 heavy (non-hydrogen) atoms. The van der Waals surface area contributed by atoms with Crippen molar-refractivity contribution in [1.82, 2.24) is 9.88 Å². The van der Waals surface area contributed by atoms with Crippen LogP contribution in [0.15, 0.2) is 48.8 Å². The zero-order chi connectivity index (χ0) is 15.4. The smallest absolute Gasteiger partial charge is 0.255 e. The lowest BCUT2D eigenvalue weighted by molar-refractivity contribution is 0.0725. The summed E-state index contributed by atoms with van der Waals surface area (Å²) in [5.41, 5.74) is 2.72. The Morgan fingerprint density at radius 2 is 1.73 bits per heavy atom. The molecular formula is C18H21N3O. The number of amides is 1. The van der Waals surface area contributed by atoms with Gasteiger partial charge in [0.1, 0.15) is 0 Å². The minimum Gasteiger partial charge on any atom is -0.344 e. The summed E-state index contributed by atoms with van der Waals surface area (Å²) in [7, 11) is 1.98. The van der Waals surface area contributed by atoms with Crippen molar-refractivity contribution >= 4 is 17.3 Å². The van der Waals surface area contributed by atoms with Gasteiger partial charge in [0.05, 0.1) is 11.3 Å². The third-order valence-corrected chi connectivity index (χ3v) is 4.19. The summed E-state index contributed by atoms with van der Waals surface area (Å²) < 4.78 is 0. The number of likely N-dealkylation sites (tertiary alicyclic amines) is 1. The maximum Gasteiger partial charge on any atom is 0.255 e. The lowest BCUT2D eigenvalue weighted by atomic mass is 10.1. The van der Waals surface area contributed by atoms with Crippen LogP contribution in [0, 0.1) is 0 Å². The molecule has 3 rings (SSSR count). The number of piperidine rings is 1. The summed E-state index contributed by atoms with van der Waals surface area (Å²) in [4.78, 5) is 20.9. The van der Waals surface area contributed by atoms with E-state index in [-0.39, 0.29) is 5.91 Å². The predicted molar refractivity (Wildman–Crippen MR) is 88.5 cm³/mol. The van der Waals surface area contributed by atoms with E-state index in [4.69, 9.17) is 0 Å². The van der Waals surface area contributed by atoms with Crippen LogP contribution in [0.5, 0.6) is 0 Å². The van der Waals surface area contributed by atoms with Crippen LogP contribution >= 0.6 is 0 Å². The van der Waals surface area contributed by atoms with Gasteiger partial charge in [-0.2, -0.15) is 0 Å². The Morgan fingerprint density at radius 3 is 2.45 bits per heavy atom. The molecule has 0 spiro atoms. The summed E-state index contributed by atoms with van der Waals surface area (Å²) in [6.45, 7) is 1.73. The number of carbonyl (C=O) groups is 1. The summed E-state index contributed by atoms with van der Waals surface area (Å²) >= 11 is 0. The van der Waals surface area contributed by atoms with E-state index < -0.39 is 0 Å². The van der Waals surface area contributed by atoms with Crippen LogP contribution in [-0.4, -0.2) is 35.9 Å². The number of hydrogen-bond donors (Lipinski definition) is 0. The van der Waals surface area contributed by atoms with Gasteiger partial charge in [-0.05, 0) is 43.5 Å². The molecule has 1 aliphatic rings. The van der Waals surface area contributed by atoms with Gasteiger partial charge in [0.25, 0.3) is 5.91 Å². The van der Waals surface area contributed by atoms with Crippen LogP contribution in [0.2, 0.25) is 0 Å². The number of hydrogen-bond acceptors (Lipinski definition) is 3. The topological polar surface area (TPSA) is 36.4 Å². The van der Waals surface area contributed by atoms with Gasteiger partial charge in [-0.1, -0.05) is 12.1 Å². The normalized spacial score (nSPS) is 14.7. The van der Waals surface area contributed by atoms with Gasteiger partial charge in [0.2, 0.25) is 0 Å². The molecule has 2 aromatic rings. The lowest BCUT2D eigenvalue weighted by Crippen LogP contribution is -2.36. The molecule has 0 unspecified atom stereocenters. The van der Waals surface area contributed by atoms with E-state index >= 15 is 0 Å². The second-order valence-corrected chi connectivity index (χ2v) is 5.63. The Hall–Kier alpha value is -2.36. The van der Waals surface area contributed by atoms with E-state index in [2.05, 4.69) is 4.98 Å². The molecule has 1 aromatic carbocycles. The highest BCUT2D eigenvalue weighted by Crippen LogP contribution is 2.28. The number of rotatable bonds is 3. The van der Waals surface area contributed by atoms with Crippen LogP contribution in [0.1, 0.15) is 29.6 Å². The number of para-hydroxylation sites is 1. The van der Waals surface area contributed by atoms with Crippen LogP contribution in [0.4, 0.5) is 11.4 Å². The van der Waals surface area contributed by atoms with E-state index in [1.54, 1.807) is 12.4 Å². The van der Waals surface area contributed by atoms with Gasteiger partial charge in [-0.25, -0.2) is 0 Å². The predicted octanol–water partition coefficient (Wildman–Crippen LogP) is 3.48. The molecule has 1 aliphatic heterocycles. The molecule has 4 heteroatoms. The standard InChI is InChI=1S/C18H21N3O/c1-20(15-9-11-19-12-10-15)17-8-4-3-7-16(17)18(22)21-13-5-2-6-14-21/h3-4,7-12H,2,5-6,13-14H2,1H3. The molecule has 1 aromatic heterocycles. The van der Waals surface area contributed by atoms with Crippen molar-refractivity contribution in [2.24, 2.45) is 0 Å². The van der Waals surface area contributed by atoms with Gasteiger partial charge >= 0.3 is 0 Å². The highest BCUT2D eigenvalue weighted by Gasteiger charge is 2.22. The zero-order valence-corrected chi connectivity index (χ0v) is 12.9. The number of nitrogens with zero attached hydrogens (tertiary/aromatic N) is 3. The molecule has 4 nitrogen and oxygen atoms in total. The maximum atomic E-state index is 12.8. The van der Waals surface area contributed by atoms with Crippen LogP contribution < -0.4 is 4.90 Å². The van der Waals surface area contributed by atoms with Gasteiger partial charge in [-0.3, -0.25) is 9.78 Å². The molecule has 0 aliphatic carbocycles. The van der Waals surface area contributed by atoms with Gasteiger partial charge < -0.3 is 9.80 Å². The Kier molecular flexibility index (Phi) is 4.37. The SMILES string of the molecule is CN(c1ccncc1)c1ccccc1C(=O)N1CCCCC1. The fourth-order valence-corrected chi connectivity index (χ4v) is 2.92. The number of pyridine rings is 1. The monoisotopic (exact) mass is 295 g/mol.